The molecule has 0 unspecified atom stereocenters. The Morgan fingerprint density at radius 1 is 1.00 bits per heavy atom. The first kappa shape index (κ1) is 18.6. The number of rotatable bonds is 6. The van der Waals surface area contributed by atoms with Crippen molar-refractivity contribution in [3.63, 3.8) is 0 Å². The summed E-state index contributed by atoms with van der Waals surface area (Å²) in [6.45, 7) is 4.64. The van der Waals surface area contributed by atoms with Crippen molar-refractivity contribution in [2.24, 2.45) is 0 Å². The van der Waals surface area contributed by atoms with Crippen LogP contribution in [0.4, 0.5) is 11.6 Å². The number of hydrogen-bond donors (Lipinski definition) is 1. The van der Waals surface area contributed by atoms with Crippen LogP contribution in [0.15, 0.2) is 60.7 Å². The summed E-state index contributed by atoms with van der Waals surface area (Å²) < 4.78 is 0. The molecule has 1 amide bonds. The molecule has 0 radical (unpaired) electrons. The Morgan fingerprint density at radius 3 is 2.37 bits per heavy atom. The number of amides is 1. The second-order valence-corrected chi connectivity index (χ2v) is 6.54. The van der Waals surface area contributed by atoms with Crippen LogP contribution < -0.4 is 10.2 Å². The maximum absolute atomic E-state index is 12.6. The molecule has 0 aliphatic rings. The molecular formula is C22H24N4O. The highest BCUT2D eigenvalue weighted by Gasteiger charge is 2.13. The first-order valence-electron chi connectivity index (χ1n) is 9.06. The quantitative estimate of drug-likeness (QED) is 0.714. The van der Waals surface area contributed by atoms with Crippen molar-refractivity contribution in [1.29, 1.82) is 0 Å². The second kappa shape index (κ2) is 8.45. The zero-order valence-corrected chi connectivity index (χ0v) is 15.9. The zero-order chi connectivity index (χ0) is 19.2. The first-order chi connectivity index (χ1) is 13.0. The minimum Gasteiger partial charge on any atom is -0.340 e. The molecule has 0 aliphatic heterocycles. The van der Waals surface area contributed by atoms with E-state index in [9.17, 15) is 4.79 Å². The van der Waals surface area contributed by atoms with E-state index < -0.39 is 0 Å². The minimum absolute atomic E-state index is 0.237. The van der Waals surface area contributed by atoms with Gasteiger partial charge in [-0.15, -0.1) is 0 Å². The third-order valence-electron chi connectivity index (χ3n) is 4.30. The molecule has 0 atom stereocenters. The summed E-state index contributed by atoms with van der Waals surface area (Å²) >= 11 is 0. The van der Waals surface area contributed by atoms with E-state index in [-0.39, 0.29) is 5.91 Å². The lowest BCUT2D eigenvalue weighted by Gasteiger charge is -2.18. The van der Waals surface area contributed by atoms with Crippen LogP contribution >= 0.6 is 0 Å². The highest BCUT2D eigenvalue weighted by molar-refractivity contribution is 6.03. The number of aromatic nitrogens is 2. The van der Waals surface area contributed by atoms with Crippen molar-refractivity contribution in [3.05, 3.63) is 83.2 Å². The smallest absolute Gasteiger partial charge is 0.274 e. The Hall–Kier alpha value is -3.21. The van der Waals surface area contributed by atoms with Crippen LogP contribution in [0.25, 0.3) is 0 Å². The van der Waals surface area contributed by atoms with Gasteiger partial charge in [0, 0.05) is 25.0 Å². The van der Waals surface area contributed by atoms with Crippen molar-refractivity contribution in [1.82, 2.24) is 9.97 Å². The maximum Gasteiger partial charge on any atom is 0.274 e. The highest BCUT2D eigenvalue weighted by Crippen LogP contribution is 2.15. The van der Waals surface area contributed by atoms with E-state index in [0.717, 1.165) is 23.4 Å². The lowest BCUT2D eigenvalue weighted by atomic mass is 10.1. The largest absolute Gasteiger partial charge is 0.340 e. The zero-order valence-electron chi connectivity index (χ0n) is 15.9. The molecule has 27 heavy (non-hydrogen) atoms. The SMILES string of the molecule is CCc1ccc(NC(=O)c2cc(C)nc(N(C)Cc3ccccc3)n2)cc1. The van der Waals surface area contributed by atoms with Crippen molar-refractivity contribution in [2.45, 2.75) is 26.8 Å². The normalized spacial score (nSPS) is 10.5. The monoisotopic (exact) mass is 360 g/mol. The lowest BCUT2D eigenvalue weighted by molar-refractivity contribution is 0.102. The first-order valence-corrected chi connectivity index (χ1v) is 9.06. The standard InChI is InChI=1S/C22H24N4O/c1-4-17-10-12-19(13-11-17)24-21(27)20-14-16(2)23-22(25-20)26(3)15-18-8-6-5-7-9-18/h5-14H,4,15H2,1-3H3,(H,24,27). The summed E-state index contributed by atoms with van der Waals surface area (Å²) in [4.78, 5) is 23.5. The van der Waals surface area contributed by atoms with E-state index in [4.69, 9.17) is 0 Å². The number of anilines is 2. The average Bonchev–Trinajstić information content (AvgIpc) is 2.69. The van der Waals surface area contributed by atoms with Crippen molar-refractivity contribution in [2.75, 3.05) is 17.3 Å². The van der Waals surface area contributed by atoms with Gasteiger partial charge in [-0.1, -0.05) is 49.4 Å². The molecule has 0 fully saturated rings. The summed E-state index contributed by atoms with van der Waals surface area (Å²) in [5.74, 6) is 0.296. The Labute approximate surface area is 160 Å². The van der Waals surface area contributed by atoms with Crippen LogP contribution in [-0.4, -0.2) is 22.9 Å². The molecule has 138 valence electrons. The minimum atomic E-state index is -0.237. The number of nitrogens with zero attached hydrogens (tertiary/aromatic N) is 3. The van der Waals surface area contributed by atoms with Gasteiger partial charge in [0.05, 0.1) is 0 Å². The number of nitrogens with one attached hydrogen (secondary N) is 1. The van der Waals surface area contributed by atoms with Gasteiger partial charge in [-0.3, -0.25) is 4.79 Å². The molecule has 0 saturated carbocycles. The number of benzene rings is 2. The maximum atomic E-state index is 12.6. The van der Waals surface area contributed by atoms with Crippen LogP contribution in [0.3, 0.4) is 0 Å². The highest BCUT2D eigenvalue weighted by atomic mass is 16.1. The van der Waals surface area contributed by atoms with Gasteiger partial charge >= 0.3 is 0 Å². The predicted octanol–water partition coefficient (Wildman–Crippen LogP) is 4.24. The average molecular weight is 360 g/mol. The lowest BCUT2D eigenvalue weighted by Crippen LogP contribution is -2.22. The van der Waals surface area contributed by atoms with Crippen molar-refractivity contribution >= 4 is 17.5 Å². The molecule has 5 nitrogen and oxygen atoms in total. The number of carbonyl (C=O) groups excluding carboxylic acids is 1. The van der Waals surface area contributed by atoms with Gasteiger partial charge in [0.15, 0.2) is 0 Å². The number of carbonyl (C=O) groups is 1. The van der Waals surface area contributed by atoms with E-state index in [2.05, 4.69) is 34.3 Å². The van der Waals surface area contributed by atoms with Crippen molar-refractivity contribution < 1.29 is 4.79 Å². The Balaban J connectivity index is 1.76. The molecule has 0 spiro atoms. The van der Waals surface area contributed by atoms with Gasteiger partial charge in [-0.25, -0.2) is 9.97 Å². The summed E-state index contributed by atoms with van der Waals surface area (Å²) in [5, 5.41) is 2.90. The molecule has 2 aromatic carbocycles. The third kappa shape index (κ3) is 4.91. The van der Waals surface area contributed by atoms with Crippen LogP contribution in [-0.2, 0) is 13.0 Å². The summed E-state index contributed by atoms with van der Waals surface area (Å²) in [7, 11) is 1.92. The fraction of sp³-hybridized carbons (Fsp3) is 0.227. The molecule has 1 aromatic heterocycles. The Kier molecular flexibility index (Phi) is 5.81. The fourth-order valence-electron chi connectivity index (χ4n) is 2.79. The number of aryl methyl sites for hydroxylation is 2. The van der Waals surface area contributed by atoms with Gasteiger partial charge in [0.2, 0.25) is 5.95 Å². The van der Waals surface area contributed by atoms with Gasteiger partial charge in [0.1, 0.15) is 5.69 Å². The summed E-state index contributed by atoms with van der Waals surface area (Å²) in [6, 6.07) is 19.7. The Morgan fingerprint density at radius 2 is 1.70 bits per heavy atom. The second-order valence-electron chi connectivity index (χ2n) is 6.54. The summed E-state index contributed by atoms with van der Waals surface area (Å²) in [5.41, 5.74) is 4.26. The molecular weight excluding hydrogens is 336 g/mol. The van der Waals surface area contributed by atoms with E-state index >= 15 is 0 Å². The van der Waals surface area contributed by atoms with Gasteiger partial charge in [-0.05, 0) is 42.7 Å². The Bertz CT molecular complexity index is 907. The van der Waals surface area contributed by atoms with E-state index in [1.807, 2.05) is 61.3 Å². The fourth-order valence-corrected chi connectivity index (χ4v) is 2.79. The van der Waals surface area contributed by atoms with E-state index in [1.165, 1.54) is 5.56 Å². The third-order valence-corrected chi connectivity index (χ3v) is 4.30. The predicted molar refractivity (Wildman–Crippen MR) is 109 cm³/mol. The molecule has 0 saturated heterocycles. The van der Waals surface area contributed by atoms with Crippen LogP contribution in [0.1, 0.15) is 34.2 Å². The van der Waals surface area contributed by atoms with Gasteiger partial charge in [-0.2, -0.15) is 0 Å². The molecule has 1 heterocycles. The van der Waals surface area contributed by atoms with Gasteiger partial charge < -0.3 is 10.2 Å². The molecule has 0 bridgehead atoms. The molecule has 5 heteroatoms. The van der Waals surface area contributed by atoms with E-state index in [1.54, 1.807) is 6.07 Å². The molecule has 1 N–H and O–H groups in total. The van der Waals surface area contributed by atoms with Crippen LogP contribution in [0.2, 0.25) is 0 Å². The molecule has 0 aliphatic carbocycles. The van der Waals surface area contributed by atoms with Crippen molar-refractivity contribution in [3.8, 4) is 0 Å². The topological polar surface area (TPSA) is 58.1 Å². The summed E-state index contributed by atoms with van der Waals surface area (Å²) in [6.07, 6.45) is 0.969. The van der Waals surface area contributed by atoms with Crippen LogP contribution in [0.5, 0.6) is 0 Å². The van der Waals surface area contributed by atoms with Gasteiger partial charge in [0.25, 0.3) is 5.91 Å². The molecule has 3 aromatic rings. The number of hydrogen-bond acceptors (Lipinski definition) is 4. The molecule has 3 rings (SSSR count). The van der Waals surface area contributed by atoms with E-state index in [0.29, 0.717) is 18.2 Å². The van der Waals surface area contributed by atoms with Crippen LogP contribution in [0, 0.1) is 6.92 Å².